The van der Waals surface area contributed by atoms with Gasteiger partial charge in [-0.1, -0.05) is 19.1 Å². The number of rotatable bonds is 9. The number of likely N-dealkylation sites (tertiary alicyclic amines) is 1. The summed E-state index contributed by atoms with van der Waals surface area (Å²) < 4.78 is 7.58. The number of imidazole rings is 1. The lowest BCUT2D eigenvalue weighted by molar-refractivity contribution is -0.139. The molecule has 0 bridgehead atoms. The first-order valence-electron chi connectivity index (χ1n) is 11.0. The lowest BCUT2D eigenvalue weighted by atomic mass is 9.96. The van der Waals surface area contributed by atoms with Crippen LogP contribution in [0.25, 0.3) is 5.76 Å². The summed E-state index contributed by atoms with van der Waals surface area (Å²) in [6, 6.07) is 9.74. The van der Waals surface area contributed by atoms with Gasteiger partial charge in [-0.15, -0.1) is 0 Å². The minimum absolute atomic E-state index is 0.0708. The molecule has 3 heterocycles. The molecule has 1 amide bonds. The third kappa shape index (κ3) is 4.79. The molecular weight excluding hydrogens is 420 g/mol. The van der Waals surface area contributed by atoms with E-state index in [1.807, 2.05) is 17.7 Å². The maximum absolute atomic E-state index is 13.1. The Hall–Kier alpha value is -3.94. The van der Waals surface area contributed by atoms with Gasteiger partial charge in [0, 0.05) is 43.4 Å². The molecule has 2 aromatic heterocycles. The molecule has 1 aliphatic rings. The Labute approximate surface area is 192 Å². The Kier molecular flexibility index (Phi) is 6.83. The van der Waals surface area contributed by atoms with Crippen molar-refractivity contribution in [1.82, 2.24) is 19.4 Å². The second-order valence-electron chi connectivity index (χ2n) is 7.80. The predicted molar refractivity (Wildman–Crippen MR) is 122 cm³/mol. The van der Waals surface area contributed by atoms with Crippen molar-refractivity contribution in [3.05, 3.63) is 84.2 Å². The van der Waals surface area contributed by atoms with Crippen LogP contribution in [-0.2, 0) is 16.1 Å². The van der Waals surface area contributed by atoms with E-state index >= 15 is 0 Å². The maximum atomic E-state index is 13.1. The fourth-order valence-electron chi connectivity index (χ4n) is 3.95. The number of aliphatic hydroxyl groups excluding tert-OH is 1. The Bertz CT molecular complexity index is 1140. The van der Waals surface area contributed by atoms with E-state index in [2.05, 4.69) is 9.97 Å². The number of nitrogens with zero attached hydrogens (tertiary/aromatic N) is 4. The summed E-state index contributed by atoms with van der Waals surface area (Å²) in [5.41, 5.74) is 1.22. The molecule has 4 rings (SSSR count). The molecule has 0 radical (unpaired) electrons. The Morgan fingerprint density at radius 2 is 1.91 bits per heavy atom. The molecule has 3 aromatic rings. The second kappa shape index (κ2) is 10.1. The number of hydrogen-bond acceptors (Lipinski definition) is 6. The van der Waals surface area contributed by atoms with Crippen LogP contribution in [0, 0.1) is 0 Å². The molecule has 0 spiro atoms. The number of carbonyl (C=O) groups is 2. The minimum Gasteiger partial charge on any atom is -0.507 e. The van der Waals surface area contributed by atoms with Crippen molar-refractivity contribution >= 4 is 17.4 Å². The van der Waals surface area contributed by atoms with E-state index in [0.717, 1.165) is 6.42 Å². The summed E-state index contributed by atoms with van der Waals surface area (Å²) in [5, 5.41) is 11.2. The summed E-state index contributed by atoms with van der Waals surface area (Å²) >= 11 is 0. The summed E-state index contributed by atoms with van der Waals surface area (Å²) in [7, 11) is 0. The fraction of sp³-hybridized carbons (Fsp3) is 0.280. The highest BCUT2D eigenvalue weighted by Crippen LogP contribution is 2.39. The quantitative estimate of drug-likeness (QED) is 0.307. The van der Waals surface area contributed by atoms with E-state index in [4.69, 9.17) is 4.74 Å². The van der Waals surface area contributed by atoms with Crippen LogP contribution in [-0.4, -0.2) is 49.4 Å². The van der Waals surface area contributed by atoms with E-state index in [9.17, 15) is 14.7 Å². The molecule has 170 valence electrons. The fourth-order valence-corrected chi connectivity index (χ4v) is 3.95. The smallest absolute Gasteiger partial charge is 0.295 e. The van der Waals surface area contributed by atoms with Gasteiger partial charge in [0.05, 0.1) is 24.5 Å². The highest BCUT2D eigenvalue weighted by atomic mass is 16.5. The van der Waals surface area contributed by atoms with Crippen molar-refractivity contribution in [3.8, 4) is 5.75 Å². The number of ketones is 1. The zero-order chi connectivity index (χ0) is 23.2. The van der Waals surface area contributed by atoms with E-state index in [1.165, 1.54) is 4.90 Å². The molecule has 0 aliphatic carbocycles. The van der Waals surface area contributed by atoms with Crippen LogP contribution >= 0.6 is 0 Å². The number of Topliss-reactive ketones (excluding diaryl/α,β-unsaturated/α-hetero) is 1. The van der Waals surface area contributed by atoms with Gasteiger partial charge in [-0.3, -0.25) is 14.6 Å². The van der Waals surface area contributed by atoms with Crippen molar-refractivity contribution in [2.45, 2.75) is 32.4 Å². The summed E-state index contributed by atoms with van der Waals surface area (Å²) in [6.07, 6.45) is 9.96. The van der Waals surface area contributed by atoms with Gasteiger partial charge in [-0.2, -0.15) is 0 Å². The number of aliphatic hydroxyl groups is 1. The molecule has 1 N–H and O–H groups in total. The Morgan fingerprint density at radius 1 is 1.09 bits per heavy atom. The maximum Gasteiger partial charge on any atom is 0.295 e. The number of aromatic nitrogens is 3. The number of hydrogen-bond donors (Lipinski definition) is 1. The number of amides is 1. The van der Waals surface area contributed by atoms with Gasteiger partial charge < -0.3 is 19.3 Å². The first-order valence-corrected chi connectivity index (χ1v) is 11.0. The first-order chi connectivity index (χ1) is 16.1. The molecular formula is C25H26N4O4. The van der Waals surface area contributed by atoms with E-state index in [0.29, 0.717) is 43.0 Å². The normalized spacial score (nSPS) is 17.5. The molecule has 1 fully saturated rings. The van der Waals surface area contributed by atoms with Crippen molar-refractivity contribution in [2.75, 3.05) is 13.2 Å². The van der Waals surface area contributed by atoms with Gasteiger partial charge in [0.15, 0.2) is 0 Å². The van der Waals surface area contributed by atoms with Crippen molar-refractivity contribution in [1.29, 1.82) is 0 Å². The van der Waals surface area contributed by atoms with Gasteiger partial charge in [0.1, 0.15) is 11.5 Å². The third-order valence-electron chi connectivity index (χ3n) is 5.52. The monoisotopic (exact) mass is 446 g/mol. The zero-order valence-corrected chi connectivity index (χ0v) is 18.4. The molecule has 1 unspecified atom stereocenters. The van der Waals surface area contributed by atoms with Gasteiger partial charge in [-0.25, -0.2) is 4.98 Å². The van der Waals surface area contributed by atoms with Crippen molar-refractivity contribution < 1.29 is 19.4 Å². The molecule has 1 aromatic carbocycles. The number of ether oxygens (including phenoxy) is 1. The van der Waals surface area contributed by atoms with Gasteiger partial charge in [0.25, 0.3) is 11.7 Å². The highest BCUT2D eigenvalue weighted by molar-refractivity contribution is 6.46. The van der Waals surface area contributed by atoms with Gasteiger partial charge in [0.2, 0.25) is 0 Å². The standard InChI is InChI=1S/C25H26N4O4/c1-2-15-33-20-6-3-5-19(16-20)23(30)21-22(18-7-9-26-10-8-18)29(25(32)24(21)31)13-4-12-28-14-11-27-17-28/h3,5-11,14,16-17,22,30H,2,4,12-13,15H2,1H3. The lowest BCUT2D eigenvalue weighted by Gasteiger charge is -2.25. The van der Waals surface area contributed by atoms with E-state index in [1.54, 1.807) is 61.3 Å². The van der Waals surface area contributed by atoms with Crippen LogP contribution in [0.4, 0.5) is 0 Å². The molecule has 33 heavy (non-hydrogen) atoms. The van der Waals surface area contributed by atoms with Gasteiger partial charge >= 0.3 is 0 Å². The predicted octanol–water partition coefficient (Wildman–Crippen LogP) is 3.58. The molecule has 8 heteroatoms. The second-order valence-corrected chi connectivity index (χ2v) is 7.80. The first kappa shape index (κ1) is 22.3. The molecule has 1 saturated heterocycles. The minimum atomic E-state index is -0.698. The molecule has 0 saturated carbocycles. The summed E-state index contributed by atoms with van der Waals surface area (Å²) in [4.78, 5) is 35.7. The van der Waals surface area contributed by atoms with Gasteiger partial charge in [-0.05, 0) is 42.7 Å². The Morgan fingerprint density at radius 3 is 2.64 bits per heavy atom. The number of benzene rings is 1. The number of pyridine rings is 1. The largest absolute Gasteiger partial charge is 0.507 e. The summed E-state index contributed by atoms with van der Waals surface area (Å²) in [6.45, 7) is 3.56. The highest BCUT2D eigenvalue weighted by Gasteiger charge is 2.45. The average Bonchev–Trinajstić information content (AvgIpc) is 3.45. The molecule has 1 atom stereocenters. The number of aryl methyl sites for hydroxylation is 1. The summed E-state index contributed by atoms with van der Waals surface area (Å²) in [5.74, 6) is -0.940. The van der Waals surface area contributed by atoms with Crippen LogP contribution in [0.15, 0.2) is 73.1 Å². The van der Waals surface area contributed by atoms with E-state index in [-0.39, 0.29) is 11.3 Å². The van der Waals surface area contributed by atoms with Crippen LogP contribution in [0.2, 0.25) is 0 Å². The molecule has 8 nitrogen and oxygen atoms in total. The van der Waals surface area contributed by atoms with Crippen LogP contribution in [0.5, 0.6) is 5.75 Å². The lowest BCUT2D eigenvalue weighted by Crippen LogP contribution is -2.31. The van der Waals surface area contributed by atoms with Crippen LogP contribution in [0.3, 0.4) is 0 Å². The van der Waals surface area contributed by atoms with E-state index < -0.39 is 17.7 Å². The topological polar surface area (TPSA) is 97.6 Å². The van der Waals surface area contributed by atoms with Crippen molar-refractivity contribution in [2.24, 2.45) is 0 Å². The van der Waals surface area contributed by atoms with Crippen LogP contribution < -0.4 is 4.74 Å². The van der Waals surface area contributed by atoms with Crippen LogP contribution in [0.1, 0.15) is 36.9 Å². The van der Waals surface area contributed by atoms with Crippen molar-refractivity contribution in [3.63, 3.8) is 0 Å². The SMILES string of the molecule is CCCOc1cccc(C(O)=C2C(=O)C(=O)N(CCCn3ccnc3)C2c2ccncc2)c1. The average molecular weight is 447 g/mol. The third-order valence-corrected chi connectivity index (χ3v) is 5.52. The number of carbonyl (C=O) groups excluding carboxylic acids is 2. The zero-order valence-electron chi connectivity index (χ0n) is 18.4. The molecule has 1 aliphatic heterocycles. The Balaban J connectivity index is 1.69.